The molecule has 1 rings (SSSR count). The average molecular weight is 289 g/mol. The smallest absolute Gasteiger partial charge is 0.478 e. The van der Waals surface area contributed by atoms with Gasteiger partial charge in [0.1, 0.15) is 0 Å². The van der Waals surface area contributed by atoms with Gasteiger partial charge >= 0.3 is 12.1 Å². The fourth-order valence-corrected chi connectivity index (χ4v) is 0.735. The van der Waals surface area contributed by atoms with Crippen LogP contribution in [0.3, 0.4) is 0 Å². The van der Waals surface area contributed by atoms with Gasteiger partial charge < -0.3 is 14.9 Å². The van der Waals surface area contributed by atoms with Crippen LogP contribution >= 0.6 is 0 Å². The van der Waals surface area contributed by atoms with E-state index in [2.05, 4.69) is 17.9 Å². The van der Waals surface area contributed by atoms with E-state index in [9.17, 15) is 9.59 Å². The van der Waals surface area contributed by atoms with Gasteiger partial charge in [0.05, 0.1) is 12.3 Å². The Morgan fingerprint density at radius 3 is 2.00 bits per heavy atom. The number of ether oxygens (including phenoxy) is 1. The molecule has 0 amide bonds. The molecule has 0 bridgehead atoms. The molecule has 0 fully saturated rings. The number of aliphatic carboxylic acids is 1. The molecule has 1 aromatic rings. The van der Waals surface area contributed by atoms with E-state index in [1.807, 2.05) is 30.3 Å². The summed E-state index contributed by atoms with van der Waals surface area (Å²) in [6, 6.07) is 11.0. The lowest BCUT2D eigenvalue weighted by molar-refractivity contribution is -0.131. The first-order valence-electron chi connectivity index (χ1n) is 5.45. The van der Waals surface area contributed by atoms with Crippen LogP contribution in [0.5, 0.6) is 0 Å². The summed E-state index contributed by atoms with van der Waals surface area (Å²) in [5.41, 5.74) is 0.902. The Balaban J connectivity index is 0. The van der Waals surface area contributed by atoms with Crippen LogP contribution in [-0.4, -0.2) is 22.3 Å². The number of carboxylic acid groups (broad SMARTS) is 2. The fourth-order valence-electron chi connectivity index (χ4n) is 0.735. The topological polar surface area (TPSA) is 108 Å². The van der Waals surface area contributed by atoms with Crippen LogP contribution in [-0.2, 0) is 9.53 Å². The summed E-state index contributed by atoms with van der Waals surface area (Å²) in [5.74, 6) is -0.981. The molecule has 1 aromatic carbocycles. The van der Waals surface area contributed by atoms with Gasteiger partial charge in [-0.25, -0.2) is 9.59 Å². The third-order valence-electron chi connectivity index (χ3n) is 1.49. The van der Waals surface area contributed by atoms with Crippen LogP contribution in [0, 0.1) is 11.3 Å². The molecule has 0 aromatic heterocycles. The third-order valence-corrected chi connectivity index (χ3v) is 1.49. The minimum absolute atomic E-state index is 0.833. The number of hydrogen-bond acceptors (Lipinski definition) is 4. The van der Waals surface area contributed by atoms with Gasteiger partial charge in [-0.3, -0.25) is 0 Å². The molecule has 0 unspecified atom stereocenters. The first-order valence-corrected chi connectivity index (χ1v) is 5.45. The minimum atomic E-state index is -1.30. The second kappa shape index (κ2) is 14.7. The lowest BCUT2D eigenvalue weighted by Gasteiger charge is -1.90. The predicted octanol–water partition coefficient (Wildman–Crippen LogP) is 3.30. The van der Waals surface area contributed by atoms with Gasteiger partial charge in [0.2, 0.25) is 0 Å². The second-order valence-corrected chi connectivity index (χ2v) is 2.97. The summed E-state index contributed by atoms with van der Waals surface area (Å²) in [6.07, 6.45) is 3.42. The summed E-state index contributed by atoms with van der Waals surface area (Å²) in [5, 5.41) is 23.2. The second-order valence-electron chi connectivity index (χ2n) is 2.97. The molecular weight excluding hydrogens is 274 g/mol. The van der Waals surface area contributed by atoms with E-state index < -0.39 is 12.1 Å². The number of carboxylic acids is 1. The predicted molar refractivity (Wildman–Crippen MR) is 78.2 cm³/mol. The molecular formula is C15H15NO5. The highest BCUT2D eigenvalue weighted by Gasteiger charge is 1.88. The molecule has 6 nitrogen and oxygen atoms in total. The van der Waals surface area contributed by atoms with Crippen molar-refractivity contribution < 1.29 is 24.5 Å². The summed E-state index contributed by atoms with van der Waals surface area (Å²) in [7, 11) is 0. The fraction of sp³-hybridized carbons (Fsp3) is 0. The lowest BCUT2D eigenvalue weighted by atomic mass is 10.2. The Bertz CT molecular complexity index is 515. The maximum absolute atomic E-state index is 9.92. The van der Waals surface area contributed by atoms with Crippen molar-refractivity contribution in [1.82, 2.24) is 0 Å². The molecule has 21 heavy (non-hydrogen) atoms. The normalized spacial score (nSPS) is 7.95. The lowest BCUT2D eigenvalue weighted by Crippen LogP contribution is -1.91. The van der Waals surface area contributed by atoms with Crippen molar-refractivity contribution in [3.63, 3.8) is 0 Å². The van der Waals surface area contributed by atoms with Crippen LogP contribution in [0.1, 0.15) is 5.56 Å². The molecule has 0 heterocycles. The van der Waals surface area contributed by atoms with Gasteiger partial charge in [-0.2, -0.15) is 5.26 Å². The van der Waals surface area contributed by atoms with Gasteiger partial charge in [-0.15, -0.1) is 0 Å². The van der Waals surface area contributed by atoms with E-state index in [1.54, 1.807) is 12.1 Å². The number of rotatable bonds is 3. The monoisotopic (exact) mass is 289 g/mol. The third kappa shape index (κ3) is 19.2. The van der Waals surface area contributed by atoms with Gasteiger partial charge in [0.25, 0.3) is 0 Å². The Kier molecular flexibility index (Phi) is 14.0. The van der Waals surface area contributed by atoms with Gasteiger partial charge in [-0.1, -0.05) is 43.5 Å². The Morgan fingerprint density at radius 2 is 1.67 bits per heavy atom. The quantitative estimate of drug-likeness (QED) is 0.382. The van der Waals surface area contributed by atoms with Crippen LogP contribution in [0.2, 0.25) is 0 Å². The molecule has 0 saturated heterocycles. The highest BCUT2D eigenvalue weighted by atomic mass is 16.7. The summed E-state index contributed by atoms with van der Waals surface area (Å²) >= 11 is 0. The van der Waals surface area contributed by atoms with E-state index in [-0.39, 0.29) is 0 Å². The Hall–Kier alpha value is -3.33. The zero-order valence-corrected chi connectivity index (χ0v) is 11.2. The zero-order chi connectivity index (χ0) is 16.5. The number of carbonyl (C=O) groups is 2. The van der Waals surface area contributed by atoms with Crippen LogP contribution in [0.15, 0.2) is 61.9 Å². The van der Waals surface area contributed by atoms with Crippen molar-refractivity contribution >= 4 is 18.2 Å². The van der Waals surface area contributed by atoms with Crippen molar-refractivity contribution in [3.05, 3.63) is 67.5 Å². The van der Waals surface area contributed by atoms with E-state index in [0.717, 1.165) is 17.9 Å². The first-order chi connectivity index (χ1) is 9.97. The largest absolute Gasteiger partial charge is 0.510 e. The van der Waals surface area contributed by atoms with Crippen LogP contribution < -0.4 is 0 Å². The highest BCUT2D eigenvalue weighted by Crippen LogP contribution is 2.00. The van der Waals surface area contributed by atoms with E-state index in [1.165, 1.54) is 6.08 Å². The van der Waals surface area contributed by atoms with Crippen molar-refractivity contribution in [3.8, 4) is 6.07 Å². The molecule has 2 N–H and O–H groups in total. The molecule has 110 valence electrons. The van der Waals surface area contributed by atoms with Crippen molar-refractivity contribution in [2.24, 2.45) is 0 Å². The van der Waals surface area contributed by atoms with Gasteiger partial charge in [-0.05, 0) is 11.6 Å². The molecule has 0 saturated carbocycles. The minimum Gasteiger partial charge on any atom is -0.478 e. The number of benzene rings is 1. The number of allylic oxidation sites excluding steroid dienone is 1. The van der Waals surface area contributed by atoms with E-state index in [4.69, 9.17) is 15.5 Å². The molecule has 0 spiro atoms. The average Bonchev–Trinajstić information content (AvgIpc) is 2.49. The van der Waals surface area contributed by atoms with Gasteiger partial charge in [0, 0.05) is 12.2 Å². The Labute approximate surface area is 122 Å². The maximum Gasteiger partial charge on any atom is 0.510 e. The Morgan fingerprint density at radius 1 is 1.19 bits per heavy atom. The zero-order valence-electron chi connectivity index (χ0n) is 11.2. The molecule has 0 aliphatic rings. The molecule has 0 atom stereocenters. The molecule has 0 aliphatic carbocycles. The first kappa shape index (κ1) is 20.0. The van der Waals surface area contributed by atoms with Crippen molar-refractivity contribution in [1.29, 1.82) is 5.26 Å². The number of nitrogens with zero attached hydrogens (tertiary/aromatic N) is 1. The molecule has 6 heteroatoms. The van der Waals surface area contributed by atoms with Gasteiger partial charge in [0.15, 0.2) is 0 Å². The SMILES string of the molecule is C=CC#N.C=CC(=O)O.O=C(O)OC=Cc1ccccc1. The number of hydrogen-bond donors (Lipinski definition) is 2. The van der Waals surface area contributed by atoms with Crippen molar-refractivity contribution in [2.45, 2.75) is 0 Å². The standard InChI is InChI=1S/C9H8O3.C3H3N.C3H4O2/c10-9(11)12-7-6-8-4-2-1-3-5-8;1-2-3-4;1-2-3(4)5/h1-7H,(H,10,11);2H,1H2;2H,1H2,(H,4,5). The highest BCUT2D eigenvalue weighted by molar-refractivity contribution is 5.78. The summed E-state index contributed by atoms with van der Waals surface area (Å²) < 4.78 is 4.18. The van der Waals surface area contributed by atoms with Crippen LogP contribution in [0.25, 0.3) is 6.08 Å². The van der Waals surface area contributed by atoms with E-state index >= 15 is 0 Å². The van der Waals surface area contributed by atoms with E-state index in [0.29, 0.717) is 0 Å². The summed E-state index contributed by atoms with van der Waals surface area (Å²) in [4.78, 5) is 19.2. The maximum atomic E-state index is 9.92. The van der Waals surface area contributed by atoms with Crippen LogP contribution in [0.4, 0.5) is 4.79 Å². The molecule has 0 radical (unpaired) electrons. The molecule has 0 aliphatic heterocycles. The van der Waals surface area contributed by atoms with Crippen molar-refractivity contribution in [2.75, 3.05) is 0 Å². The summed E-state index contributed by atoms with van der Waals surface area (Å²) in [6.45, 7) is 6.08. The number of nitriles is 1.